The number of rotatable bonds is 8. The van der Waals surface area contributed by atoms with E-state index in [2.05, 4.69) is 35.4 Å². The smallest absolute Gasteiger partial charge is 0.224 e. The minimum absolute atomic E-state index is 0.228. The van der Waals surface area contributed by atoms with Crippen molar-refractivity contribution in [3.63, 3.8) is 0 Å². The molecule has 4 heteroatoms. The zero-order valence-electron chi connectivity index (χ0n) is 15.1. The molecule has 1 saturated carbocycles. The largest absolute Gasteiger partial charge is 0.351 e. The molecule has 0 N–H and O–H groups in total. The van der Waals surface area contributed by atoms with Crippen molar-refractivity contribution in [1.82, 2.24) is 14.4 Å². The highest BCUT2D eigenvalue weighted by atomic mass is 16.2. The molecule has 130 valence electrons. The van der Waals surface area contributed by atoms with Gasteiger partial charge in [0.15, 0.2) is 0 Å². The molecule has 1 aliphatic carbocycles. The van der Waals surface area contributed by atoms with E-state index in [1.165, 1.54) is 32.1 Å². The molecule has 1 aliphatic rings. The minimum atomic E-state index is 0.228. The average molecular weight is 319 g/mol. The first kappa shape index (κ1) is 18.1. The van der Waals surface area contributed by atoms with Gasteiger partial charge in [0.25, 0.3) is 0 Å². The molecule has 1 heterocycles. The molecule has 0 aliphatic heterocycles. The van der Waals surface area contributed by atoms with Crippen LogP contribution in [0.5, 0.6) is 0 Å². The van der Waals surface area contributed by atoms with Gasteiger partial charge >= 0.3 is 0 Å². The van der Waals surface area contributed by atoms with Gasteiger partial charge < -0.3 is 14.4 Å². The second-order valence-corrected chi connectivity index (χ2v) is 7.33. The Kier molecular flexibility index (Phi) is 7.15. The van der Waals surface area contributed by atoms with Crippen LogP contribution in [0.3, 0.4) is 0 Å². The monoisotopic (exact) mass is 319 g/mol. The molecule has 1 atom stereocenters. The molecule has 0 saturated heterocycles. The summed E-state index contributed by atoms with van der Waals surface area (Å²) in [6, 6.07) is 4.27. The lowest BCUT2D eigenvalue weighted by Gasteiger charge is -2.31. The topological polar surface area (TPSA) is 28.5 Å². The first-order chi connectivity index (χ1) is 11.1. The van der Waals surface area contributed by atoms with E-state index in [1.807, 2.05) is 24.5 Å². The SMILES string of the molecule is CC(CC(=O)N(CCN(C)C)CC1CCCCC1)n1cccc1. The average Bonchev–Trinajstić information content (AvgIpc) is 3.06. The van der Waals surface area contributed by atoms with E-state index < -0.39 is 0 Å². The summed E-state index contributed by atoms with van der Waals surface area (Å²) in [6.45, 7) is 4.87. The van der Waals surface area contributed by atoms with Crippen LogP contribution in [-0.2, 0) is 4.79 Å². The molecular weight excluding hydrogens is 286 g/mol. The fourth-order valence-electron chi connectivity index (χ4n) is 3.45. The van der Waals surface area contributed by atoms with Crippen LogP contribution >= 0.6 is 0 Å². The zero-order valence-corrected chi connectivity index (χ0v) is 15.1. The highest BCUT2D eigenvalue weighted by molar-refractivity contribution is 5.76. The van der Waals surface area contributed by atoms with Crippen LogP contribution in [0.25, 0.3) is 0 Å². The minimum Gasteiger partial charge on any atom is -0.351 e. The number of likely N-dealkylation sites (N-methyl/N-ethyl adjacent to an activating group) is 1. The molecule has 1 fully saturated rings. The summed E-state index contributed by atoms with van der Waals surface area (Å²) in [5, 5.41) is 0. The molecule has 2 rings (SSSR count). The van der Waals surface area contributed by atoms with Crippen LogP contribution in [0.4, 0.5) is 0 Å². The maximum absolute atomic E-state index is 12.8. The Bertz CT molecular complexity index is 449. The first-order valence-corrected chi connectivity index (χ1v) is 9.11. The van der Waals surface area contributed by atoms with Crippen LogP contribution in [-0.4, -0.2) is 54.0 Å². The van der Waals surface area contributed by atoms with Gasteiger partial charge in [-0.05, 0) is 51.9 Å². The number of aromatic nitrogens is 1. The third kappa shape index (κ3) is 6.02. The zero-order chi connectivity index (χ0) is 16.7. The molecule has 0 spiro atoms. The molecule has 23 heavy (non-hydrogen) atoms. The van der Waals surface area contributed by atoms with Crippen molar-refractivity contribution >= 4 is 5.91 Å². The number of nitrogens with zero attached hydrogens (tertiary/aromatic N) is 3. The number of carbonyl (C=O) groups excluding carboxylic acids is 1. The Morgan fingerprint density at radius 2 is 1.78 bits per heavy atom. The first-order valence-electron chi connectivity index (χ1n) is 9.11. The Labute approximate surface area is 141 Å². The molecule has 4 nitrogen and oxygen atoms in total. The van der Waals surface area contributed by atoms with Crippen molar-refractivity contribution in [2.24, 2.45) is 5.92 Å². The Morgan fingerprint density at radius 1 is 1.13 bits per heavy atom. The van der Waals surface area contributed by atoms with Crippen molar-refractivity contribution in [2.75, 3.05) is 33.7 Å². The van der Waals surface area contributed by atoms with E-state index in [9.17, 15) is 4.79 Å². The number of carbonyl (C=O) groups is 1. The maximum Gasteiger partial charge on any atom is 0.224 e. The molecule has 1 amide bonds. The Hall–Kier alpha value is -1.29. The van der Waals surface area contributed by atoms with Crippen molar-refractivity contribution in [2.45, 2.75) is 51.5 Å². The highest BCUT2D eigenvalue weighted by Crippen LogP contribution is 2.25. The fourth-order valence-corrected chi connectivity index (χ4v) is 3.45. The van der Waals surface area contributed by atoms with Gasteiger partial charge in [-0.2, -0.15) is 0 Å². The van der Waals surface area contributed by atoms with E-state index in [4.69, 9.17) is 0 Å². The van der Waals surface area contributed by atoms with Crippen molar-refractivity contribution < 1.29 is 4.79 Å². The lowest BCUT2D eigenvalue weighted by atomic mass is 9.89. The van der Waals surface area contributed by atoms with E-state index >= 15 is 0 Å². The number of hydrogen-bond donors (Lipinski definition) is 0. The maximum atomic E-state index is 12.8. The van der Waals surface area contributed by atoms with Crippen molar-refractivity contribution in [3.8, 4) is 0 Å². The third-order valence-corrected chi connectivity index (χ3v) is 4.98. The van der Waals surface area contributed by atoms with Gasteiger partial charge in [0.05, 0.1) is 0 Å². The summed E-state index contributed by atoms with van der Waals surface area (Å²) >= 11 is 0. The summed E-state index contributed by atoms with van der Waals surface area (Å²) in [5.41, 5.74) is 0. The van der Waals surface area contributed by atoms with Gasteiger partial charge in [-0.1, -0.05) is 19.3 Å². The van der Waals surface area contributed by atoms with Crippen molar-refractivity contribution in [1.29, 1.82) is 0 Å². The predicted molar refractivity (Wildman–Crippen MR) is 95.5 cm³/mol. The van der Waals surface area contributed by atoms with Gasteiger partial charge in [-0.3, -0.25) is 4.79 Å². The van der Waals surface area contributed by atoms with Crippen LogP contribution in [0.1, 0.15) is 51.5 Å². The molecule has 1 aromatic rings. The van der Waals surface area contributed by atoms with E-state index in [-0.39, 0.29) is 6.04 Å². The quantitative estimate of drug-likeness (QED) is 0.734. The molecule has 0 radical (unpaired) electrons. The summed E-state index contributed by atoms with van der Waals surface area (Å²) in [7, 11) is 4.15. The van der Waals surface area contributed by atoms with E-state index in [0.29, 0.717) is 18.2 Å². The Balaban J connectivity index is 1.92. The van der Waals surface area contributed by atoms with E-state index in [1.54, 1.807) is 0 Å². The third-order valence-electron chi connectivity index (χ3n) is 4.98. The van der Waals surface area contributed by atoms with Gasteiger partial charge in [0.1, 0.15) is 0 Å². The number of amides is 1. The van der Waals surface area contributed by atoms with Gasteiger partial charge in [-0.25, -0.2) is 0 Å². The van der Waals surface area contributed by atoms with Gasteiger partial charge in [-0.15, -0.1) is 0 Å². The molecule has 1 unspecified atom stereocenters. The second-order valence-electron chi connectivity index (χ2n) is 7.33. The highest BCUT2D eigenvalue weighted by Gasteiger charge is 2.22. The summed E-state index contributed by atoms with van der Waals surface area (Å²) in [5.74, 6) is 1.01. The molecule has 0 bridgehead atoms. The standard InChI is InChI=1S/C19H33N3O/c1-17(21-11-7-8-12-21)15-19(23)22(14-13-20(2)3)16-18-9-5-4-6-10-18/h7-8,11-12,17-18H,4-6,9-10,13-16H2,1-3H3. The lowest BCUT2D eigenvalue weighted by molar-refractivity contribution is -0.132. The molecule has 0 aromatic carbocycles. The predicted octanol–water partition coefficient (Wildman–Crippen LogP) is 3.41. The van der Waals surface area contributed by atoms with Gasteiger partial charge in [0, 0.05) is 44.5 Å². The fraction of sp³-hybridized carbons (Fsp3) is 0.737. The Morgan fingerprint density at radius 3 is 2.39 bits per heavy atom. The second kappa shape index (κ2) is 9.11. The molecular formula is C19H33N3O. The van der Waals surface area contributed by atoms with Crippen LogP contribution in [0, 0.1) is 5.92 Å². The van der Waals surface area contributed by atoms with Crippen LogP contribution in [0.2, 0.25) is 0 Å². The normalized spacial score (nSPS) is 17.4. The van der Waals surface area contributed by atoms with Crippen LogP contribution in [0.15, 0.2) is 24.5 Å². The van der Waals surface area contributed by atoms with Gasteiger partial charge in [0.2, 0.25) is 5.91 Å². The van der Waals surface area contributed by atoms with Crippen molar-refractivity contribution in [3.05, 3.63) is 24.5 Å². The lowest BCUT2D eigenvalue weighted by Crippen LogP contribution is -2.40. The summed E-state index contributed by atoms with van der Waals surface area (Å²) in [6.07, 6.45) is 11.3. The summed E-state index contributed by atoms with van der Waals surface area (Å²) < 4.78 is 2.13. The number of hydrogen-bond acceptors (Lipinski definition) is 2. The summed E-state index contributed by atoms with van der Waals surface area (Å²) in [4.78, 5) is 17.1. The van der Waals surface area contributed by atoms with E-state index in [0.717, 1.165) is 19.6 Å². The van der Waals surface area contributed by atoms with Crippen LogP contribution < -0.4 is 0 Å². The molecule has 1 aromatic heterocycles.